The summed E-state index contributed by atoms with van der Waals surface area (Å²) in [4.78, 5) is 12.5. The average molecular weight is 493 g/mol. The molecular weight excluding hydrogens is 463 g/mol. The Morgan fingerprint density at radius 2 is 1.76 bits per heavy atom. The first-order valence-electron chi connectivity index (χ1n) is 11.4. The van der Waals surface area contributed by atoms with Gasteiger partial charge in [-0.15, -0.1) is 0 Å². The number of hydrogen-bond donors (Lipinski definition) is 2. The van der Waals surface area contributed by atoms with Gasteiger partial charge in [-0.25, -0.2) is 17.5 Å². The summed E-state index contributed by atoms with van der Waals surface area (Å²) in [7, 11) is -3.82. The van der Waals surface area contributed by atoms with Crippen LogP contribution in [-0.4, -0.2) is 53.8 Å². The number of ether oxygens (including phenoxy) is 3. The first-order chi connectivity index (χ1) is 16.4. The summed E-state index contributed by atoms with van der Waals surface area (Å²) in [6, 6.07) is 10.9. The zero-order chi connectivity index (χ0) is 24.0. The number of fused-ring (bicyclic) bond motifs is 1. The summed E-state index contributed by atoms with van der Waals surface area (Å²) < 4.78 is 58.2. The maximum absolute atomic E-state index is 13.8. The topological polar surface area (TPSA) is 103 Å². The number of sulfonamides is 1. The molecule has 0 aromatic heterocycles. The fourth-order valence-corrected chi connectivity index (χ4v) is 5.24. The molecule has 0 atom stereocenters. The molecule has 2 heterocycles. The van der Waals surface area contributed by atoms with E-state index in [1.165, 1.54) is 24.3 Å². The molecule has 0 bridgehead atoms. The van der Waals surface area contributed by atoms with Crippen LogP contribution in [-0.2, 0) is 25.0 Å². The second-order valence-corrected chi connectivity index (χ2v) is 10.3. The average Bonchev–Trinajstić information content (AvgIpc) is 3.08. The van der Waals surface area contributed by atoms with E-state index in [2.05, 4.69) is 10.0 Å². The van der Waals surface area contributed by atoms with E-state index in [0.717, 1.165) is 12.0 Å². The van der Waals surface area contributed by atoms with E-state index in [4.69, 9.17) is 14.2 Å². The lowest BCUT2D eigenvalue weighted by Crippen LogP contribution is -2.45. The maximum Gasteiger partial charge on any atom is 0.240 e. The van der Waals surface area contributed by atoms with Crippen molar-refractivity contribution in [1.82, 2.24) is 10.0 Å². The van der Waals surface area contributed by atoms with E-state index >= 15 is 0 Å². The fraction of sp³-hybridized carbons (Fsp3) is 0.458. The van der Waals surface area contributed by atoms with Gasteiger partial charge in [0.25, 0.3) is 0 Å². The third-order valence-corrected chi connectivity index (χ3v) is 7.64. The molecule has 184 valence electrons. The molecule has 10 heteroatoms. The predicted octanol–water partition coefficient (Wildman–Crippen LogP) is 2.52. The lowest BCUT2D eigenvalue weighted by molar-refractivity contribution is -0.121. The Kier molecular flexibility index (Phi) is 7.70. The number of hydrogen-bond acceptors (Lipinski definition) is 6. The maximum atomic E-state index is 13.8. The first-order valence-corrected chi connectivity index (χ1v) is 12.9. The summed E-state index contributed by atoms with van der Waals surface area (Å²) in [5.41, 5.74) is 0.408. The van der Waals surface area contributed by atoms with Crippen molar-refractivity contribution in [2.24, 2.45) is 0 Å². The van der Waals surface area contributed by atoms with Crippen LogP contribution in [0.15, 0.2) is 47.4 Å². The molecule has 1 amide bonds. The molecule has 0 spiro atoms. The van der Waals surface area contributed by atoms with Crippen LogP contribution in [0.5, 0.6) is 11.5 Å². The minimum absolute atomic E-state index is 0.0283. The van der Waals surface area contributed by atoms with E-state index in [0.29, 0.717) is 57.3 Å². The van der Waals surface area contributed by atoms with Gasteiger partial charge in [-0.05, 0) is 42.7 Å². The highest BCUT2D eigenvalue weighted by Crippen LogP contribution is 2.35. The van der Waals surface area contributed by atoms with Crippen LogP contribution in [0.4, 0.5) is 4.39 Å². The molecule has 0 unspecified atom stereocenters. The Hall–Kier alpha value is -2.69. The number of benzene rings is 2. The zero-order valence-electron chi connectivity index (χ0n) is 18.8. The van der Waals surface area contributed by atoms with Gasteiger partial charge in [-0.1, -0.05) is 12.1 Å². The van der Waals surface area contributed by atoms with Crippen LogP contribution < -0.4 is 19.5 Å². The van der Waals surface area contributed by atoms with Crippen LogP contribution in [0.25, 0.3) is 0 Å². The molecule has 2 N–H and O–H groups in total. The van der Waals surface area contributed by atoms with Gasteiger partial charge in [0, 0.05) is 50.6 Å². The molecular formula is C24H29FN2O6S. The Bertz CT molecular complexity index is 1120. The van der Waals surface area contributed by atoms with Crippen molar-refractivity contribution < 1.29 is 31.8 Å². The monoisotopic (exact) mass is 492 g/mol. The molecule has 8 nitrogen and oxygen atoms in total. The van der Waals surface area contributed by atoms with Gasteiger partial charge in [0.05, 0.1) is 18.1 Å². The van der Waals surface area contributed by atoms with E-state index in [-0.39, 0.29) is 29.6 Å². The van der Waals surface area contributed by atoms with Crippen molar-refractivity contribution in [2.75, 3.05) is 39.5 Å². The highest BCUT2D eigenvalue weighted by molar-refractivity contribution is 7.89. The number of carbonyl (C=O) groups is 1. The molecule has 0 radical (unpaired) electrons. The van der Waals surface area contributed by atoms with E-state index in [9.17, 15) is 17.6 Å². The van der Waals surface area contributed by atoms with Gasteiger partial charge in [0.2, 0.25) is 15.9 Å². The Balaban J connectivity index is 1.32. The van der Waals surface area contributed by atoms with Gasteiger partial charge >= 0.3 is 0 Å². The molecule has 1 saturated heterocycles. The minimum atomic E-state index is -3.82. The van der Waals surface area contributed by atoms with E-state index in [1.807, 2.05) is 6.07 Å². The molecule has 4 rings (SSSR count). The SMILES string of the molecule is O=C(CCNS(=O)(=O)c1ccc2c(c1)OCCCO2)NCC1(c2cccc(F)c2)CCOCC1. The lowest BCUT2D eigenvalue weighted by atomic mass is 9.74. The first kappa shape index (κ1) is 24.4. The zero-order valence-corrected chi connectivity index (χ0v) is 19.7. The summed E-state index contributed by atoms with van der Waals surface area (Å²) in [6.07, 6.45) is 2.01. The van der Waals surface area contributed by atoms with Crippen molar-refractivity contribution in [2.45, 2.75) is 36.0 Å². The summed E-state index contributed by atoms with van der Waals surface area (Å²) >= 11 is 0. The van der Waals surface area contributed by atoms with Gasteiger partial charge in [0.1, 0.15) is 5.82 Å². The molecule has 0 aliphatic carbocycles. The highest BCUT2D eigenvalue weighted by Gasteiger charge is 2.35. The largest absolute Gasteiger partial charge is 0.490 e. The normalized spacial score (nSPS) is 17.6. The molecule has 0 saturated carbocycles. The quantitative estimate of drug-likeness (QED) is 0.587. The second-order valence-electron chi connectivity index (χ2n) is 8.49. The molecule has 2 aliphatic heterocycles. The van der Waals surface area contributed by atoms with Crippen LogP contribution in [0.3, 0.4) is 0 Å². The smallest absolute Gasteiger partial charge is 0.240 e. The van der Waals surface area contributed by atoms with Gasteiger partial charge in [0.15, 0.2) is 11.5 Å². The Labute approximate surface area is 198 Å². The number of carbonyl (C=O) groups excluding carboxylic acids is 1. The fourth-order valence-electron chi connectivity index (χ4n) is 4.20. The van der Waals surface area contributed by atoms with Crippen molar-refractivity contribution in [3.63, 3.8) is 0 Å². The van der Waals surface area contributed by atoms with Crippen molar-refractivity contribution >= 4 is 15.9 Å². The summed E-state index contributed by atoms with van der Waals surface area (Å²) in [5, 5.41) is 2.90. The summed E-state index contributed by atoms with van der Waals surface area (Å²) in [5.74, 6) is 0.288. The second kappa shape index (κ2) is 10.7. The van der Waals surface area contributed by atoms with Crippen LogP contribution >= 0.6 is 0 Å². The molecule has 34 heavy (non-hydrogen) atoms. The van der Waals surface area contributed by atoms with Crippen LogP contribution in [0.1, 0.15) is 31.2 Å². The van der Waals surface area contributed by atoms with E-state index in [1.54, 1.807) is 12.1 Å². The van der Waals surface area contributed by atoms with Gasteiger partial charge in [-0.3, -0.25) is 4.79 Å². The van der Waals surface area contributed by atoms with E-state index < -0.39 is 15.4 Å². The minimum Gasteiger partial charge on any atom is -0.490 e. The number of nitrogens with one attached hydrogen (secondary N) is 2. The lowest BCUT2D eigenvalue weighted by Gasteiger charge is -2.38. The van der Waals surface area contributed by atoms with Crippen molar-refractivity contribution in [3.05, 3.63) is 53.8 Å². The predicted molar refractivity (Wildman–Crippen MR) is 123 cm³/mol. The molecule has 2 aliphatic rings. The Morgan fingerprint density at radius 3 is 2.53 bits per heavy atom. The van der Waals surface area contributed by atoms with Crippen LogP contribution in [0, 0.1) is 5.82 Å². The van der Waals surface area contributed by atoms with Crippen molar-refractivity contribution in [3.8, 4) is 11.5 Å². The Morgan fingerprint density at radius 1 is 1.00 bits per heavy atom. The standard InChI is InChI=1S/C24H29FN2O6S/c25-19-4-1-3-18(15-19)24(8-13-31-14-9-24)17-26-23(28)7-10-27-34(29,30)20-5-6-21-22(16-20)33-12-2-11-32-21/h1,3-6,15-16,27H,2,7-14,17H2,(H,26,28). The molecule has 2 aromatic carbocycles. The third-order valence-electron chi connectivity index (χ3n) is 6.18. The van der Waals surface area contributed by atoms with Crippen LogP contribution in [0.2, 0.25) is 0 Å². The van der Waals surface area contributed by atoms with Gasteiger partial charge < -0.3 is 19.5 Å². The van der Waals surface area contributed by atoms with Crippen molar-refractivity contribution in [1.29, 1.82) is 0 Å². The highest BCUT2D eigenvalue weighted by atomic mass is 32.2. The number of rotatable bonds is 8. The number of amides is 1. The summed E-state index contributed by atoms with van der Waals surface area (Å²) in [6.45, 7) is 2.29. The molecule has 2 aromatic rings. The van der Waals surface area contributed by atoms with Gasteiger partial charge in [-0.2, -0.15) is 0 Å². The number of halogens is 1. The molecule has 1 fully saturated rings. The third kappa shape index (κ3) is 5.86.